The molecule has 1 heterocycles. The van der Waals surface area contributed by atoms with Gasteiger partial charge < -0.3 is 9.67 Å². The molecular formula is C19H20N2OS. The van der Waals surface area contributed by atoms with Gasteiger partial charge in [0, 0.05) is 11.8 Å². The SMILES string of the molecule is C[C@@H](Sc1ncc(CO)n1Cc1ccccc1)c1ccccc1. The van der Waals surface area contributed by atoms with Crippen molar-refractivity contribution in [3.05, 3.63) is 83.7 Å². The van der Waals surface area contributed by atoms with Gasteiger partial charge in [0.15, 0.2) is 5.16 Å². The minimum absolute atomic E-state index is 0.000111. The Kier molecular flexibility index (Phi) is 5.16. The summed E-state index contributed by atoms with van der Waals surface area (Å²) in [6.45, 7) is 2.90. The van der Waals surface area contributed by atoms with E-state index in [0.29, 0.717) is 5.25 Å². The molecule has 0 saturated heterocycles. The molecule has 4 heteroatoms. The Morgan fingerprint density at radius 1 is 1.04 bits per heavy atom. The first-order valence-corrected chi connectivity index (χ1v) is 8.56. The van der Waals surface area contributed by atoms with Crippen LogP contribution in [-0.4, -0.2) is 14.7 Å². The zero-order valence-electron chi connectivity index (χ0n) is 13.1. The van der Waals surface area contributed by atoms with E-state index in [1.165, 1.54) is 11.1 Å². The van der Waals surface area contributed by atoms with Gasteiger partial charge in [-0.2, -0.15) is 0 Å². The summed E-state index contributed by atoms with van der Waals surface area (Å²) >= 11 is 1.72. The van der Waals surface area contributed by atoms with E-state index in [2.05, 4.69) is 52.9 Å². The molecule has 0 aliphatic carbocycles. The van der Waals surface area contributed by atoms with Crippen LogP contribution in [0.2, 0.25) is 0 Å². The fraction of sp³-hybridized carbons (Fsp3) is 0.211. The molecule has 0 aliphatic rings. The van der Waals surface area contributed by atoms with Crippen LogP contribution in [-0.2, 0) is 13.2 Å². The van der Waals surface area contributed by atoms with Crippen LogP contribution < -0.4 is 0 Å². The first-order valence-electron chi connectivity index (χ1n) is 7.68. The molecule has 0 saturated carbocycles. The molecule has 0 unspecified atom stereocenters. The van der Waals surface area contributed by atoms with E-state index >= 15 is 0 Å². The third-order valence-corrected chi connectivity index (χ3v) is 4.96. The zero-order chi connectivity index (χ0) is 16.1. The van der Waals surface area contributed by atoms with Gasteiger partial charge in [0.25, 0.3) is 0 Å². The van der Waals surface area contributed by atoms with Gasteiger partial charge in [-0.05, 0) is 18.1 Å². The summed E-state index contributed by atoms with van der Waals surface area (Å²) in [6, 6.07) is 20.7. The predicted molar refractivity (Wildman–Crippen MR) is 94.4 cm³/mol. The van der Waals surface area contributed by atoms with Crippen molar-refractivity contribution in [1.82, 2.24) is 9.55 Å². The number of imidazole rings is 1. The minimum atomic E-state index is 0.000111. The fourth-order valence-corrected chi connectivity index (χ4v) is 3.53. The third kappa shape index (κ3) is 3.84. The highest BCUT2D eigenvalue weighted by molar-refractivity contribution is 7.99. The molecular weight excluding hydrogens is 304 g/mol. The van der Waals surface area contributed by atoms with Gasteiger partial charge in [-0.25, -0.2) is 4.98 Å². The third-order valence-electron chi connectivity index (χ3n) is 3.80. The number of nitrogens with zero attached hydrogens (tertiary/aromatic N) is 2. The lowest BCUT2D eigenvalue weighted by atomic mass is 10.2. The normalized spacial score (nSPS) is 12.3. The van der Waals surface area contributed by atoms with E-state index in [9.17, 15) is 5.11 Å². The first-order chi connectivity index (χ1) is 11.3. The number of aliphatic hydroxyl groups excluding tert-OH is 1. The summed E-state index contributed by atoms with van der Waals surface area (Å²) < 4.78 is 2.10. The number of aliphatic hydroxyl groups is 1. The second-order valence-corrected chi connectivity index (χ2v) is 6.74. The van der Waals surface area contributed by atoms with Crippen LogP contribution in [0.5, 0.6) is 0 Å². The highest BCUT2D eigenvalue weighted by Crippen LogP contribution is 2.34. The van der Waals surface area contributed by atoms with Crippen molar-refractivity contribution >= 4 is 11.8 Å². The van der Waals surface area contributed by atoms with Gasteiger partial charge in [0.05, 0.1) is 18.5 Å². The maximum Gasteiger partial charge on any atom is 0.169 e. The molecule has 2 aromatic carbocycles. The first kappa shape index (κ1) is 15.8. The highest BCUT2D eigenvalue weighted by atomic mass is 32.2. The quantitative estimate of drug-likeness (QED) is 0.688. The van der Waals surface area contributed by atoms with Crippen molar-refractivity contribution in [2.75, 3.05) is 0 Å². The average molecular weight is 324 g/mol. The lowest BCUT2D eigenvalue weighted by Crippen LogP contribution is -2.06. The highest BCUT2D eigenvalue weighted by Gasteiger charge is 2.15. The molecule has 0 bridgehead atoms. The summed E-state index contributed by atoms with van der Waals surface area (Å²) in [6.07, 6.45) is 1.77. The maximum atomic E-state index is 9.59. The number of benzene rings is 2. The van der Waals surface area contributed by atoms with Gasteiger partial charge in [-0.15, -0.1) is 0 Å². The molecule has 1 aromatic heterocycles. The zero-order valence-corrected chi connectivity index (χ0v) is 13.9. The minimum Gasteiger partial charge on any atom is -0.390 e. The molecule has 0 fully saturated rings. The lowest BCUT2D eigenvalue weighted by molar-refractivity contribution is 0.270. The fourth-order valence-electron chi connectivity index (χ4n) is 2.50. The smallest absolute Gasteiger partial charge is 0.169 e. The van der Waals surface area contributed by atoms with Crippen LogP contribution >= 0.6 is 11.8 Å². The summed E-state index contributed by atoms with van der Waals surface area (Å²) in [5, 5.41) is 10.8. The summed E-state index contributed by atoms with van der Waals surface area (Å²) in [7, 11) is 0. The monoisotopic (exact) mass is 324 g/mol. The van der Waals surface area contributed by atoms with Crippen LogP contribution in [0.1, 0.15) is 29.0 Å². The summed E-state index contributed by atoms with van der Waals surface area (Å²) in [5.74, 6) is 0. The number of hydrogen-bond acceptors (Lipinski definition) is 3. The molecule has 0 amide bonds. The van der Waals surface area contributed by atoms with Crippen LogP contribution in [0.15, 0.2) is 72.0 Å². The largest absolute Gasteiger partial charge is 0.390 e. The number of hydrogen-bond donors (Lipinski definition) is 1. The Morgan fingerprint density at radius 3 is 2.35 bits per heavy atom. The average Bonchev–Trinajstić information content (AvgIpc) is 2.98. The van der Waals surface area contributed by atoms with Crippen molar-refractivity contribution in [2.24, 2.45) is 0 Å². The Bertz CT molecular complexity index is 741. The molecule has 0 radical (unpaired) electrons. The van der Waals surface area contributed by atoms with Crippen molar-refractivity contribution in [3.63, 3.8) is 0 Å². The molecule has 1 atom stereocenters. The van der Waals surface area contributed by atoms with E-state index in [-0.39, 0.29) is 6.61 Å². The van der Waals surface area contributed by atoms with Gasteiger partial charge in [0.1, 0.15) is 0 Å². The van der Waals surface area contributed by atoms with Gasteiger partial charge in [-0.1, -0.05) is 72.4 Å². The van der Waals surface area contributed by atoms with Crippen LogP contribution in [0.25, 0.3) is 0 Å². The van der Waals surface area contributed by atoms with Crippen LogP contribution in [0.3, 0.4) is 0 Å². The molecule has 23 heavy (non-hydrogen) atoms. The van der Waals surface area contributed by atoms with E-state index in [1.54, 1.807) is 18.0 Å². The Hall–Kier alpha value is -2.04. The number of thioether (sulfide) groups is 1. The predicted octanol–water partition coefficient (Wildman–Crippen LogP) is 4.28. The van der Waals surface area contributed by atoms with Crippen LogP contribution in [0, 0.1) is 0 Å². The Labute approximate surface area is 141 Å². The molecule has 0 spiro atoms. The Morgan fingerprint density at radius 2 is 1.70 bits per heavy atom. The van der Waals surface area contributed by atoms with Crippen molar-refractivity contribution in [3.8, 4) is 0 Å². The van der Waals surface area contributed by atoms with E-state index in [1.807, 2.05) is 24.3 Å². The van der Waals surface area contributed by atoms with Crippen LogP contribution in [0.4, 0.5) is 0 Å². The second kappa shape index (κ2) is 7.49. The topological polar surface area (TPSA) is 38.1 Å². The maximum absolute atomic E-state index is 9.59. The van der Waals surface area contributed by atoms with E-state index in [4.69, 9.17) is 0 Å². The molecule has 118 valence electrons. The molecule has 0 aliphatic heterocycles. The van der Waals surface area contributed by atoms with E-state index in [0.717, 1.165) is 17.4 Å². The molecule has 3 aromatic rings. The molecule has 3 rings (SSSR count). The van der Waals surface area contributed by atoms with Crippen molar-refractivity contribution in [1.29, 1.82) is 0 Å². The Balaban J connectivity index is 1.83. The van der Waals surface area contributed by atoms with Gasteiger partial charge >= 0.3 is 0 Å². The van der Waals surface area contributed by atoms with Gasteiger partial charge in [0.2, 0.25) is 0 Å². The standard InChI is InChI=1S/C19H20N2OS/c1-15(17-10-6-3-7-11-17)23-19-20-12-18(14-22)21(19)13-16-8-4-2-5-9-16/h2-12,15,22H,13-14H2,1H3/t15-/m1/s1. The van der Waals surface area contributed by atoms with Crippen molar-refractivity contribution in [2.45, 2.75) is 30.5 Å². The second-order valence-electron chi connectivity index (χ2n) is 5.43. The summed E-state index contributed by atoms with van der Waals surface area (Å²) in [4.78, 5) is 4.51. The molecule has 1 N–H and O–H groups in total. The van der Waals surface area contributed by atoms with Crippen molar-refractivity contribution < 1.29 is 5.11 Å². The number of rotatable bonds is 6. The van der Waals surface area contributed by atoms with Gasteiger partial charge in [-0.3, -0.25) is 0 Å². The van der Waals surface area contributed by atoms with E-state index < -0.39 is 0 Å². The number of aromatic nitrogens is 2. The lowest BCUT2D eigenvalue weighted by Gasteiger charge is -2.14. The summed E-state index contributed by atoms with van der Waals surface area (Å²) in [5.41, 5.74) is 3.32. The molecule has 3 nitrogen and oxygen atoms in total.